The van der Waals surface area contributed by atoms with Gasteiger partial charge in [0.1, 0.15) is 0 Å². The average molecular weight is 408 g/mol. The first-order valence-electron chi connectivity index (χ1n) is 9.93. The van der Waals surface area contributed by atoms with Gasteiger partial charge in [0, 0.05) is 31.0 Å². The van der Waals surface area contributed by atoms with E-state index in [0.717, 1.165) is 53.7 Å². The molecule has 0 unspecified atom stereocenters. The standard InChI is InChI=1S/C22H25N5OS/c1-15-8-9-19(16(2)13-15)27-20(18-7-6-10-23-14-18)24-25-22(27)29-17(3)21(28)26-11-4-5-12-26/h6-10,13-14,17H,4-5,11-12H2,1-3H3/t17-/m0/s1. The van der Waals surface area contributed by atoms with Gasteiger partial charge in [0.2, 0.25) is 5.91 Å². The SMILES string of the molecule is Cc1ccc(-n2c(S[C@@H](C)C(=O)N3CCCC3)nnc2-c2cccnc2)c(C)c1. The van der Waals surface area contributed by atoms with E-state index in [-0.39, 0.29) is 11.2 Å². The summed E-state index contributed by atoms with van der Waals surface area (Å²) in [4.78, 5) is 19.0. The van der Waals surface area contributed by atoms with Crippen LogP contribution < -0.4 is 0 Å². The highest BCUT2D eigenvalue weighted by atomic mass is 32.2. The smallest absolute Gasteiger partial charge is 0.235 e. The molecule has 0 aliphatic carbocycles. The molecule has 4 rings (SSSR count). The van der Waals surface area contributed by atoms with Gasteiger partial charge < -0.3 is 4.90 Å². The molecule has 6 nitrogen and oxygen atoms in total. The van der Waals surface area contributed by atoms with Gasteiger partial charge in [0.15, 0.2) is 11.0 Å². The summed E-state index contributed by atoms with van der Waals surface area (Å²) < 4.78 is 2.05. The first-order valence-corrected chi connectivity index (χ1v) is 10.8. The number of rotatable bonds is 5. The van der Waals surface area contributed by atoms with Gasteiger partial charge in [-0.25, -0.2) is 0 Å². The first kappa shape index (κ1) is 19.6. The Balaban J connectivity index is 1.74. The maximum absolute atomic E-state index is 12.8. The minimum absolute atomic E-state index is 0.172. The number of hydrogen-bond acceptors (Lipinski definition) is 5. The summed E-state index contributed by atoms with van der Waals surface area (Å²) in [5.41, 5.74) is 4.25. The van der Waals surface area contributed by atoms with Crippen LogP contribution in [0.5, 0.6) is 0 Å². The molecule has 0 spiro atoms. The number of amides is 1. The van der Waals surface area contributed by atoms with E-state index < -0.39 is 0 Å². The highest BCUT2D eigenvalue weighted by molar-refractivity contribution is 8.00. The number of hydrogen-bond donors (Lipinski definition) is 0. The number of carbonyl (C=O) groups excluding carboxylic acids is 1. The molecule has 0 N–H and O–H groups in total. The molecule has 29 heavy (non-hydrogen) atoms. The number of benzene rings is 1. The number of nitrogens with zero attached hydrogens (tertiary/aromatic N) is 5. The van der Waals surface area contributed by atoms with Crippen LogP contribution in [0.15, 0.2) is 47.9 Å². The van der Waals surface area contributed by atoms with Gasteiger partial charge in [0.25, 0.3) is 0 Å². The van der Waals surface area contributed by atoms with Crippen LogP contribution >= 0.6 is 11.8 Å². The number of aromatic nitrogens is 4. The highest BCUT2D eigenvalue weighted by Crippen LogP contribution is 2.32. The summed E-state index contributed by atoms with van der Waals surface area (Å²) in [5, 5.41) is 9.42. The van der Waals surface area contributed by atoms with Crippen LogP contribution in [0.3, 0.4) is 0 Å². The van der Waals surface area contributed by atoms with Crippen LogP contribution in [0.2, 0.25) is 0 Å². The predicted molar refractivity (Wildman–Crippen MR) is 115 cm³/mol. The Kier molecular flexibility index (Phi) is 5.67. The summed E-state index contributed by atoms with van der Waals surface area (Å²) in [6, 6.07) is 10.2. The molecule has 3 heterocycles. The number of carbonyl (C=O) groups is 1. The van der Waals surface area contributed by atoms with Crippen LogP contribution in [0.1, 0.15) is 30.9 Å². The third kappa shape index (κ3) is 4.05. The van der Waals surface area contributed by atoms with Crippen molar-refractivity contribution in [3.05, 3.63) is 53.9 Å². The minimum atomic E-state index is -0.219. The van der Waals surface area contributed by atoms with Crippen molar-refractivity contribution in [3.63, 3.8) is 0 Å². The summed E-state index contributed by atoms with van der Waals surface area (Å²) in [6.07, 6.45) is 5.71. The van der Waals surface area contributed by atoms with Crippen molar-refractivity contribution < 1.29 is 4.79 Å². The molecular formula is C22H25N5OS. The average Bonchev–Trinajstić information content (AvgIpc) is 3.39. The fourth-order valence-electron chi connectivity index (χ4n) is 3.70. The van der Waals surface area contributed by atoms with Gasteiger partial charge in [-0.05, 0) is 57.4 Å². The molecule has 1 fully saturated rings. The zero-order valence-electron chi connectivity index (χ0n) is 17.0. The molecule has 1 saturated heterocycles. The second-order valence-electron chi connectivity index (χ2n) is 7.47. The Labute approximate surface area is 175 Å². The molecule has 0 saturated carbocycles. The van der Waals surface area contributed by atoms with Gasteiger partial charge in [-0.2, -0.15) is 0 Å². The van der Waals surface area contributed by atoms with E-state index in [1.54, 1.807) is 12.4 Å². The van der Waals surface area contributed by atoms with Crippen LogP contribution in [-0.2, 0) is 4.79 Å². The molecule has 1 aliphatic heterocycles. The molecule has 0 radical (unpaired) electrons. The molecule has 150 valence electrons. The first-order chi connectivity index (χ1) is 14.0. The topological polar surface area (TPSA) is 63.9 Å². The third-order valence-electron chi connectivity index (χ3n) is 5.19. The quantitative estimate of drug-likeness (QED) is 0.597. The van der Waals surface area contributed by atoms with E-state index in [1.807, 2.05) is 28.5 Å². The van der Waals surface area contributed by atoms with Crippen molar-refractivity contribution in [1.29, 1.82) is 0 Å². The van der Waals surface area contributed by atoms with E-state index in [2.05, 4.69) is 47.2 Å². The monoisotopic (exact) mass is 407 g/mol. The predicted octanol–water partition coefficient (Wildman–Crippen LogP) is 4.05. The normalized spacial score (nSPS) is 14.9. The lowest BCUT2D eigenvalue weighted by Gasteiger charge is -2.20. The zero-order valence-corrected chi connectivity index (χ0v) is 17.8. The molecule has 1 aromatic carbocycles. The fraction of sp³-hybridized carbons (Fsp3) is 0.364. The molecular weight excluding hydrogens is 382 g/mol. The van der Waals surface area contributed by atoms with Crippen molar-refractivity contribution >= 4 is 17.7 Å². The second-order valence-corrected chi connectivity index (χ2v) is 8.77. The Bertz CT molecular complexity index is 1010. The molecule has 1 aliphatic rings. The van der Waals surface area contributed by atoms with Crippen LogP contribution in [0, 0.1) is 13.8 Å². The van der Waals surface area contributed by atoms with Gasteiger partial charge in [-0.3, -0.25) is 14.3 Å². The molecule has 2 aromatic heterocycles. The highest BCUT2D eigenvalue weighted by Gasteiger charge is 2.27. The van der Waals surface area contributed by atoms with Crippen molar-refractivity contribution in [2.75, 3.05) is 13.1 Å². The third-order valence-corrected chi connectivity index (χ3v) is 6.22. The number of thioether (sulfide) groups is 1. The van der Waals surface area contributed by atoms with Crippen molar-refractivity contribution in [1.82, 2.24) is 24.6 Å². The lowest BCUT2D eigenvalue weighted by Crippen LogP contribution is -2.34. The molecule has 7 heteroatoms. The molecule has 1 amide bonds. The maximum Gasteiger partial charge on any atom is 0.235 e. The van der Waals surface area contributed by atoms with E-state index in [1.165, 1.54) is 17.3 Å². The molecule has 3 aromatic rings. The van der Waals surface area contributed by atoms with E-state index in [4.69, 9.17) is 0 Å². The number of aryl methyl sites for hydroxylation is 2. The summed E-state index contributed by atoms with van der Waals surface area (Å²) in [5.74, 6) is 0.902. The van der Waals surface area contributed by atoms with Gasteiger partial charge in [0.05, 0.1) is 10.9 Å². The van der Waals surface area contributed by atoms with E-state index in [9.17, 15) is 4.79 Å². The summed E-state index contributed by atoms with van der Waals surface area (Å²) in [7, 11) is 0. The van der Waals surface area contributed by atoms with Crippen LogP contribution in [0.25, 0.3) is 17.1 Å². The minimum Gasteiger partial charge on any atom is -0.342 e. The Morgan fingerprint density at radius 3 is 2.62 bits per heavy atom. The number of likely N-dealkylation sites (tertiary alicyclic amines) is 1. The van der Waals surface area contributed by atoms with Crippen LogP contribution in [0.4, 0.5) is 0 Å². The van der Waals surface area contributed by atoms with Crippen molar-refractivity contribution in [3.8, 4) is 17.1 Å². The van der Waals surface area contributed by atoms with Crippen molar-refractivity contribution in [2.45, 2.75) is 44.0 Å². The van der Waals surface area contributed by atoms with Gasteiger partial charge in [-0.1, -0.05) is 29.5 Å². The second kappa shape index (κ2) is 8.37. The van der Waals surface area contributed by atoms with E-state index in [0.29, 0.717) is 0 Å². The Morgan fingerprint density at radius 2 is 1.93 bits per heavy atom. The zero-order chi connectivity index (χ0) is 20.4. The van der Waals surface area contributed by atoms with Crippen LogP contribution in [-0.4, -0.2) is 48.9 Å². The van der Waals surface area contributed by atoms with Crippen molar-refractivity contribution in [2.24, 2.45) is 0 Å². The summed E-state index contributed by atoms with van der Waals surface area (Å²) in [6.45, 7) is 7.83. The lowest BCUT2D eigenvalue weighted by molar-refractivity contribution is -0.129. The van der Waals surface area contributed by atoms with Gasteiger partial charge in [-0.15, -0.1) is 10.2 Å². The summed E-state index contributed by atoms with van der Waals surface area (Å²) >= 11 is 1.47. The molecule has 0 bridgehead atoms. The largest absolute Gasteiger partial charge is 0.342 e. The fourth-order valence-corrected chi connectivity index (χ4v) is 4.65. The number of pyridine rings is 1. The van der Waals surface area contributed by atoms with Gasteiger partial charge >= 0.3 is 0 Å². The Morgan fingerprint density at radius 1 is 1.14 bits per heavy atom. The molecule has 1 atom stereocenters. The maximum atomic E-state index is 12.8. The Hall–Kier alpha value is -2.67. The lowest BCUT2D eigenvalue weighted by atomic mass is 10.1. The van der Waals surface area contributed by atoms with E-state index >= 15 is 0 Å².